The molecule has 120 valence electrons. The monoisotopic (exact) mass is 301 g/mol. The van der Waals surface area contributed by atoms with Crippen LogP contribution in [0.5, 0.6) is 5.75 Å². The van der Waals surface area contributed by atoms with E-state index in [4.69, 9.17) is 4.74 Å². The summed E-state index contributed by atoms with van der Waals surface area (Å²) in [5.74, 6) is 1.42. The fraction of sp³-hybridized carbons (Fsp3) is 0.556. The summed E-state index contributed by atoms with van der Waals surface area (Å²) in [6.45, 7) is 14.4. The predicted octanol–water partition coefficient (Wildman–Crippen LogP) is 3.97. The average molecular weight is 301 g/mol. The number of benzene rings is 1. The van der Waals surface area contributed by atoms with Crippen LogP contribution in [0, 0.1) is 20.8 Å². The van der Waals surface area contributed by atoms with Gasteiger partial charge in [0.05, 0.1) is 12.3 Å². The number of aromatic nitrogens is 3. The van der Waals surface area contributed by atoms with Gasteiger partial charge < -0.3 is 4.74 Å². The van der Waals surface area contributed by atoms with Gasteiger partial charge in [-0.1, -0.05) is 12.1 Å². The van der Waals surface area contributed by atoms with E-state index in [9.17, 15) is 0 Å². The van der Waals surface area contributed by atoms with Crippen LogP contribution in [0.15, 0.2) is 12.3 Å². The highest BCUT2D eigenvalue weighted by Crippen LogP contribution is 2.33. The molecule has 0 saturated heterocycles. The molecule has 4 nitrogen and oxygen atoms in total. The second-order valence-electron chi connectivity index (χ2n) is 5.96. The molecule has 0 aliphatic carbocycles. The molecular formula is C18H27N3O. The van der Waals surface area contributed by atoms with E-state index >= 15 is 0 Å². The van der Waals surface area contributed by atoms with Crippen LogP contribution < -0.4 is 4.74 Å². The van der Waals surface area contributed by atoms with Gasteiger partial charge in [-0.05, 0) is 75.3 Å². The first-order valence-corrected chi connectivity index (χ1v) is 8.10. The Morgan fingerprint density at radius 1 is 1.18 bits per heavy atom. The van der Waals surface area contributed by atoms with Crippen LogP contribution in [0.25, 0.3) is 0 Å². The first kappa shape index (κ1) is 16.5. The lowest BCUT2D eigenvalue weighted by Crippen LogP contribution is -2.07. The molecule has 0 N–H and O–H groups in total. The normalized spacial score (nSPS) is 12.5. The Bertz CT molecular complexity index is 646. The molecule has 4 heteroatoms. The second-order valence-corrected chi connectivity index (χ2v) is 5.96. The highest BCUT2D eigenvalue weighted by molar-refractivity contribution is 5.49. The van der Waals surface area contributed by atoms with Crippen molar-refractivity contribution >= 4 is 0 Å². The minimum Gasteiger partial charge on any atom is -0.494 e. The Hall–Kier alpha value is -1.84. The SMILES string of the molecule is CCOc1cc(C)c(C(C)Cc2cn(CC)nn2)c(C)c1C. The Balaban J connectivity index is 2.29. The van der Waals surface area contributed by atoms with Crippen molar-refractivity contribution in [2.24, 2.45) is 0 Å². The van der Waals surface area contributed by atoms with Crippen LogP contribution in [0.2, 0.25) is 0 Å². The molecule has 0 aliphatic heterocycles. The number of ether oxygens (including phenoxy) is 1. The van der Waals surface area contributed by atoms with E-state index in [0.29, 0.717) is 12.5 Å². The van der Waals surface area contributed by atoms with Crippen molar-refractivity contribution in [2.75, 3.05) is 6.61 Å². The molecule has 1 unspecified atom stereocenters. The van der Waals surface area contributed by atoms with Crippen molar-refractivity contribution in [1.29, 1.82) is 0 Å². The molecule has 2 rings (SSSR count). The number of rotatable bonds is 6. The third kappa shape index (κ3) is 3.32. The largest absolute Gasteiger partial charge is 0.494 e. The fourth-order valence-corrected chi connectivity index (χ4v) is 3.13. The summed E-state index contributed by atoms with van der Waals surface area (Å²) in [4.78, 5) is 0. The maximum absolute atomic E-state index is 5.74. The zero-order valence-electron chi connectivity index (χ0n) is 14.6. The van der Waals surface area contributed by atoms with Gasteiger partial charge in [-0.3, -0.25) is 4.68 Å². The lowest BCUT2D eigenvalue weighted by Gasteiger charge is -2.21. The van der Waals surface area contributed by atoms with E-state index in [-0.39, 0.29) is 0 Å². The molecule has 0 fully saturated rings. The number of hydrogen-bond acceptors (Lipinski definition) is 3. The summed E-state index contributed by atoms with van der Waals surface area (Å²) < 4.78 is 7.62. The standard InChI is InChI=1S/C18H27N3O/c1-7-21-11-16(19-20-21)9-12(3)18-13(4)10-17(22-8-2)14(5)15(18)6/h10-12H,7-9H2,1-6H3. The molecule has 0 aliphatic rings. The van der Waals surface area contributed by atoms with E-state index < -0.39 is 0 Å². The lowest BCUT2D eigenvalue weighted by atomic mass is 9.86. The van der Waals surface area contributed by atoms with Gasteiger partial charge in [0.2, 0.25) is 0 Å². The quantitative estimate of drug-likeness (QED) is 0.810. The summed E-state index contributed by atoms with van der Waals surface area (Å²) in [6, 6.07) is 2.17. The van der Waals surface area contributed by atoms with Crippen molar-refractivity contribution in [3.05, 3.63) is 40.2 Å². The maximum Gasteiger partial charge on any atom is 0.122 e. The zero-order chi connectivity index (χ0) is 16.3. The summed E-state index contributed by atoms with van der Waals surface area (Å²) >= 11 is 0. The number of nitrogens with zero attached hydrogens (tertiary/aromatic N) is 3. The van der Waals surface area contributed by atoms with Crippen molar-refractivity contribution in [2.45, 2.75) is 60.4 Å². The highest BCUT2D eigenvalue weighted by Gasteiger charge is 2.17. The van der Waals surface area contributed by atoms with Gasteiger partial charge in [0.15, 0.2) is 0 Å². The molecule has 0 amide bonds. The zero-order valence-corrected chi connectivity index (χ0v) is 14.6. The molecule has 1 atom stereocenters. The summed E-state index contributed by atoms with van der Waals surface area (Å²) in [5, 5.41) is 8.40. The molecule has 1 aromatic carbocycles. The summed E-state index contributed by atoms with van der Waals surface area (Å²) in [6.07, 6.45) is 2.96. The van der Waals surface area contributed by atoms with Crippen molar-refractivity contribution < 1.29 is 4.74 Å². The van der Waals surface area contributed by atoms with Crippen LogP contribution >= 0.6 is 0 Å². The minimum absolute atomic E-state index is 0.413. The number of aryl methyl sites for hydroxylation is 2. The lowest BCUT2D eigenvalue weighted by molar-refractivity contribution is 0.337. The second kappa shape index (κ2) is 6.95. The first-order chi connectivity index (χ1) is 10.5. The van der Waals surface area contributed by atoms with Crippen LogP contribution in [0.4, 0.5) is 0 Å². The molecule has 1 aromatic heterocycles. The molecule has 1 heterocycles. The predicted molar refractivity (Wildman–Crippen MR) is 89.6 cm³/mol. The molecule has 0 bridgehead atoms. The molecule has 22 heavy (non-hydrogen) atoms. The van der Waals surface area contributed by atoms with Crippen molar-refractivity contribution in [3.8, 4) is 5.75 Å². The molecule has 0 radical (unpaired) electrons. The molecule has 2 aromatic rings. The summed E-state index contributed by atoms with van der Waals surface area (Å²) in [5.41, 5.74) is 6.33. The van der Waals surface area contributed by atoms with Gasteiger partial charge in [-0.15, -0.1) is 5.10 Å². The number of hydrogen-bond donors (Lipinski definition) is 0. The van der Waals surface area contributed by atoms with Crippen LogP contribution in [0.3, 0.4) is 0 Å². The van der Waals surface area contributed by atoms with E-state index in [2.05, 4.69) is 51.0 Å². The van der Waals surface area contributed by atoms with Gasteiger partial charge in [-0.2, -0.15) is 0 Å². The Morgan fingerprint density at radius 3 is 2.50 bits per heavy atom. The van der Waals surface area contributed by atoms with E-state index in [1.54, 1.807) is 0 Å². The molecule has 0 spiro atoms. The van der Waals surface area contributed by atoms with Crippen LogP contribution in [-0.2, 0) is 13.0 Å². The smallest absolute Gasteiger partial charge is 0.122 e. The minimum atomic E-state index is 0.413. The molecular weight excluding hydrogens is 274 g/mol. The van der Waals surface area contributed by atoms with Crippen molar-refractivity contribution in [3.63, 3.8) is 0 Å². The van der Waals surface area contributed by atoms with Gasteiger partial charge in [0.25, 0.3) is 0 Å². The maximum atomic E-state index is 5.74. The Kier molecular flexibility index (Phi) is 5.22. The van der Waals surface area contributed by atoms with E-state index in [1.807, 2.05) is 17.8 Å². The highest BCUT2D eigenvalue weighted by atomic mass is 16.5. The summed E-state index contributed by atoms with van der Waals surface area (Å²) in [7, 11) is 0. The van der Waals surface area contributed by atoms with Gasteiger partial charge >= 0.3 is 0 Å². The van der Waals surface area contributed by atoms with Crippen molar-refractivity contribution in [1.82, 2.24) is 15.0 Å². The van der Waals surface area contributed by atoms with Crippen LogP contribution in [0.1, 0.15) is 54.6 Å². The first-order valence-electron chi connectivity index (χ1n) is 8.10. The third-order valence-corrected chi connectivity index (χ3v) is 4.33. The van der Waals surface area contributed by atoms with Gasteiger partial charge in [0, 0.05) is 12.7 Å². The van der Waals surface area contributed by atoms with Gasteiger partial charge in [0.1, 0.15) is 5.75 Å². The van der Waals surface area contributed by atoms with Gasteiger partial charge in [-0.25, -0.2) is 0 Å². The van der Waals surface area contributed by atoms with E-state index in [0.717, 1.165) is 24.4 Å². The Morgan fingerprint density at radius 2 is 1.91 bits per heavy atom. The topological polar surface area (TPSA) is 39.9 Å². The Labute approximate surface area is 133 Å². The fourth-order valence-electron chi connectivity index (χ4n) is 3.13. The van der Waals surface area contributed by atoms with E-state index in [1.165, 1.54) is 22.3 Å². The molecule has 0 saturated carbocycles. The third-order valence-electron chi connectivity index (χ3n) is 4.33. The van der Waals surface area contributed by atoms with Crippen LogP contribution in [-0.4, -0.2) is 21.6 Å². The average Bonchev–Trinajstić information content (AvgIpc) is 2.92.